The van der Waals surface area contributed by atoms with Crippen LogP contribution in [0.1, 0.15) is 23.2 Å². The van der Waals surface area contributed by atoms with Crippen LogP contribution in [0, 0.1) is 0 Å². The number of anilines is 1. The van der Waals surface area contributed by atoms with E-state index in [0.29, 0.717) is 17.4 Å². The van der Waals surface area contributed by atoms with Gasteiger partial charge in [0.25, 0.3) is 5.91 Å². The second-order valence-electron chi connectivity index (χ2n) is 4.79. The number of nitrogens with zero attached hydrogens (tertiary/aromatic N) is 2. The molecule has 2 amide bonds. The predicted octanol–water partition coefficient (Wildman–Crippen LogP) is 0.156. The van der Waals surface area contributed by atoms with Gasteiger partial charge in [-0.15, -0.1) is 0 Å². The Labute approximate surface area is 112 Å². The van der Waals surface area contributed by atoms with E-state index in [1.807, 2.05) is 14.1 Å². The number of hydrogen-bond donors (Lipinski definition) is 2. The summed E-state index contributed by atoms with van der Waals surface area (Å²) in [4.78, 5) is 29.4. The van der Waals surface area contributed by atoms with Crippen molar-refractivity contribution < 1.29 is 9.59 Å². The molecule has 0 aliphatic heterocycles. The Kier molecular flexibility index (Phi) is 3.99. The summed E-state index contributed by atoms with van der Waals surface area (Å²) in [6.45, 7) is -0.00288. The van der Waals surface area contributed by atoms with E-state index in [1.54, 1.807) is 23.2 Å². The van der Waals surface area contributed by atoms with Crippen LogP contribution in [-0.2, 0) is 4.79 Å². The summed E-state index contributed by atoms with van der Waals surface area (Å²) < 4.78 is 0. The Hall–Kier alpha value is -2.11. The van der Waals surface area contributed by atoms with Crippen molar-refractivity contribution in [1.29, 1.82) is 0 Å². The van der Waals surface area contributed by atoms with Crippen LogP contribution in [-0.4, -0.2) is 43.5 Å². The first-order valence-electron chi connectivity index (χ1n) is 6.28. The van der Waals surface area contributed by atoms with Crippen LogP contribution >= 0.6 is 0 Å². The van der Waals surface area contributed by atoms with Crippen molar-refractivity contribution in [2.45, 2.75) is 18.9 Å². The average molecular weight is 262 g/mol. The van der Waals surface area contributed by atoms with Gasteiger partial charge >= 0.3 is 0 Å². The summed E-state index contributed by atoms with van der Waals surface area (Å²) in [6, 6.07) is 3.70. The molecule has 6 nitrogen and oxygen atoms in total. The molecule has 6 heteroatoms. The molecule has 0 radical (unpaired) electrons. The Morgan fingerprint density at radius 3 is 2.79 bits per heavy atom. The molecule has 2 rings (SSSR count). The molecule has 1 aliphatic carbocycles. The van der Waals surface area contributed by atoms with E-state index in [-0.39, 0.29) is 18.4 Å². The van der Waals surface area contributed by atoms with Crippen LogP contribution in [0.2, 0.25) is 0 Å². The monoisotopic (exact) mass is 262 g/mol. The summed E-state index contributed by atoms with van der Waals surface area (Å²) in [5.41, 5.74) is 0.465. The number of rotatable bonds is 5. The third kappa shape index (κ3) is 3.67. The SMILES string of the molecule is CN(C)c1ncccc1C(=O)NCC(=O)NC1CC1. The van der Waals surface area contributed by atoms with Crippen LogP contribution in [0.25, 0.3) is 0 Å². The van der Waals surface area contributed by atoms with Crippen molar-refractivity contribution >= 4 is 17.6 Å². The summed E-state index contributed by atoms with van der Waals surface area (Å²) in [5, 5.41) is 5.43. The maximum absolute atomic E-state index is 12.0. The first-order chi connectivity index (χ1) is 9.08. The van der Waals surface area contributed by atoms with Crippen LogP contribution in [0.15, 0.2) is 18.3 Å². The smallest absolute Gasteiger partial charge is 0.255 e. The van der Waals surface area contributed by atoms with Gasteiger partial charge < -0.3 is 15.5 Å². The second kappa shape index (κ2) is 5.69. The number of nitrogens with one attached hydrogen (secondary N) is 2. The molecular weight excluding hydrogens is 244 g/mol. The maximum Gasteiger partial charge on any atom is 0.255 e. The van der Waals surface area contributed by atoms with E-state index in [4.69, 9.17) is 0 Å². The van der Waals surface area contributed by atoms with Crippen molar-refractivity contribution in [3.8, 4) is 0 Å². The molecule has 19 heavy (non-hydrogen) atoms. The van der Waals surface area contributed by atoms with Gasteiger partial charge in [-0.25, -0.2) is 4.98 Å². The van der Waals surface area contributed by atoms with Crippen molar-refractivity contribution in [1.82, 2.24) is 15.6 Å². The van der Waals surface area contributed by atoms with Gasteiger partial charge in [0.2, 0.25) is 5.91 Å². The molecule has 0 unspecified atom stereocenters. The largest absolute Gasteiger partial charge is 0.362 e. The van der Waals surface area contributed by atoms with Crippen molar-refractivity contribution in [2.75, 3.05) is 25.5 Å². The summed E-state index contributed by atoms with van der Waals surface area (Å²) in [5.74, 6) is 0.150. The Balaban J connectivity index is 1.93. The lowest BCUT2D eigenvalue weighted by molar-refractivity contribution is -0.120. The Morgan fingerprint density at radius 1 is 1.42 bits per heavy atom. The zero-order valence-corrected chi connectivity index (χ0v) is 11.1. The zero-order chi connectivity index (χ0) is 13.8. The lowest BCUT2D eigenvalue weighted by Crippen LogP contribution is -2.38. The average Bonchev–Trinajstić information content (AvgIpc) is 3.19. The molecule has 1 aliphatic rings. The third-order valence-corrected chi connectivity index (χ3v) is 2.81. The molecule has 2 N–H and O–H groups in total. The lowest BCUT2D eigenvalue weighted by Gasteiger charge is -2.15. The maximum atomic E-state index is 12.0. The van der Waals surface area contributed by atoms with E-state index in [1.165, 1.54) is 0 Å². The topological polar surface area (TPSA) is 74.3 Å². The first kappa shape index (κ1) is 13.3. The van der Waals surface area contributed by atoms with Gasteiger partial charge in [0.1, 0.15) is 5.82 Å². The fourth-order valence-corrected chi connectivity index (χ4v) is 1.69. The van der Waals surface area contributed by atoms with Gasteiger partial charge in [-0.2, -0.15) is 0 Å². The van der Waals surface area contributed by atoms with Gasteiger partial charge in [0, 0.05) is 26.3 Å². The molecule has 1 aromatic heterocycles. The summed E-state index contributed by atoms with van der Waals surface area (Å²) in [6.07, 6.45) is 3.70. The van der Waals surface area contributed by atoms with Gasteiger partial charge in [0.05, 0.1) is 12.1 Å². The van der Waals surface area contributed by atoms with E-state index < -0.39 is 0 Å². The highest BCUT2D eigenvalue weighted by Crippen LogP contribution is 2.18. The van der Waals surface area contributed by atoms with E-state index >= 15 is 0 Å². The summed E-state index contributed by atoms with van der Waals surface area (Å²) >= 11 is 0. The first-order valence-corrected chi connectivity index (χ1v) is 6.28. The Bertz CT molecular complexity index is 483. The molecule has 102 valence electrons. The molecule has 1 fully saturated rings. The quantitative estimate of drug-likeness (QED) is 0.792. The molecule has 0 spiro atoms. The normalized spacial score (nSPS) is 13.8. The number of amides is 2. The molecular formula is C13H18N4O2. The van der Waals surface area contributed by atoms with Crippen molar-refractivity contribution in [3.63, 3.8) is 0 Å². The fraction of sp³-hybridized carbons (Fsp3) is 0.462. The van der Waals surface area contributed by atoms with Crippen LogP contribution < -0.4 is 15.5 Å². The van der Waals surface area contributed by atoms with E-state index in [9.17, 15) is 9.59 Å². The van der Waals surface area contributed by atoms with Crippen molar-refractivity contribution in [3.05, 3.63) is 23.9 Å². The molecule has 0 atom stereocenters. The minimum Gasteiger partial charge on any atom is -0.362 e. The Morgan fingerprint density at radius 2 is 2.16 bits per heavy atom. The van der Waals surface area contributed by atoms with Crippen molar-refractivity contribution in [2.24, 2.45) is 0 Å². The molecule has 1 aromatic rings. The molecule has 0 aromatic carbocycles. The summed E-state index contributed by atoms with van der Waals surface area (Å²) in [7, 11) is 3.64. The number of carbonyl (C=O) groups excluding carboxylic acids is 2. The third-order valence-electron chi connectivity index (χ3n) is 2.81. The predicted molar refractivity (Wildman–Crippen MR) is 72.1 cm³/mol. The molecule has 1 saturated carbocycles. The van der Waals surface area contributed by atoms with E-state index in [2.05, 4.69) is 15.6 Å². The highest BCUT2D eigenvalue weighted by molar-refractivity contribution is 6.00. The molecule has 0 bridgehead atoms. The minimum absolute atomic E-state index is 0.00288. The van der Waals surface area contributed by atoms with Gasteiger partial charge in [-0.3, -0.25) is 9.59 Å². The molecule has 0 saturated heterocycles. The highest BCUT2D eigenvalue weighted by atomic mass is 16.2. The number of aromatic nitrogens is 1. The molecule has 1 heterocycles. The minimum atomic E-state index is -0.289. The van der Waals surface area contributed by atoms with Crippen LogP contribution in [0.3, 0.4) is 0 Å². The van der Waals surface area contributed by atoms with Crippen LogP contribution in [0.5, 0.6) is 0 Å². The lowest BCUT2D eigenvalue weighted by atomic mass is 10.2. The number of pyridine rings is 1. The number of hydrogen-bond acceptors (Lipinski definition) is 4. The second-order valence-corrected chi connectivity index (χ2v) is 4.79. The van der Waals surface area contributed by atoms with E-state index in [0.717, 1.165) is 12.8 Å². The highest BCUT2D eigenvalue weighted by Gasteiger charge is 2.23. The van der Waals surface area contributed by atoms with Gasteiger partial charge in [0.15, 0.2) is 0 Å². The van der Waals surface area contributed by atoms with Gasteiger partial charge in [-0.05, 0) is 25.0 Å². The van der Waals surface area contributed by atoms with Gasteiger partial charge in [-0.1, -0.05) is 0 Å². The number of carbonyl (C=O) groups is 2. The fourth-order valence-electron chi connectivity index (χ4n) is 1.69. The standard InChI is InChI=1S/C13H18N4O2/c1-17(2)12-10(4-3-7-14-12)13(19)15-8-11(18)16-9-5-6-9/h3-4,7,9H,5-6,8H2,1-2H3,(H,15,19)(H,16,18). The zero-order valence-electron chi connectivity index (χ0n) is 11.1. The van der Waals surface area contributed by atoms with Crippen LogP contribution in [0.4, 0.5) is 5.82 Å².